The standard InChI is InChI=1S/C28H37N5/c1-8-12-20-13-10-11-14-23(20)33-24-17-30-27(31-28(24)32(7)25(33)9-2)26-21(18(3)4)15-29-16-22(26)19(5)6/h10-11,13-19,25H,8-9,12H2,1-7H3. The van der Waals surface area contributed by atoms with Gasteiger partial charge in [0.1, 0.15) is 11.9 Å². The molecule has 3 aromatic rings. The van der Waals surface area contributed by atoms with E-state index in [1.165, 1.54) is 22.4 Å². The average molecular weight is 444 g/mol. The number of nitrogens with zero attached hydrogens (tertiary/aromatic N) is 5. The quantitative estimate of drug-likeness (QED) is 0.391. The number of fused-ring (bicyclic) bond motifs is 1. The Kier molecular flexibility index (Phi) is 6.68. The minimum Gasteiger partial charge on any atom is -0.337 e. The molecule has 4 rings (SSSR count). The van der Waals surface area contributed by atoms with E-state index >= 15 is 0 Å². The van der Waals surface area contributed by atoms with Gasteiger partial charge in [0, 0.05) is 30.7 Å². The van der Waals surface area contributed by atoms with Crippen molar-refractivity contribution in [2.75, 3.05) is 16.8 Å². The molecule has 2 aromatic heterocycles. The summed E-state index contributed by atoms with van der Waals surface area (Å²) in [6, 6.07) is 8.76. The van der Waals surface area contributed by atoms with Crippen LogP contribution < -0.4 is 9.80 Å². The maximum atomic E-state index is 5.19. The van der Waals surface area contributed by atoms with E-state index in [0.29, 0.717) is 11.8 Å². The van der Waals surface area contributed by atoms with Crippen molar-refractivity contribution in [2.45, 2.75) is 78.8 Å². The molecule has 3 heterocycles. The summed E-state index contributed by atoms with van der Waals surface area (Å²) in [5.74, 6) is 2.50. The number of para-hydroxylation sites is 1. The first-order valence-corrected chi connectivity index (χ1v) is 12.3. The van der Waals surface area contributed by atoms with Crippen molar-refractivity contribution in [2.24, 2.45) is 0 Å². The zero-order valence-corrected chi connectivity index (χ0v) is 21.1. The third-order valence-electron chi connectivity index (χ3n) is 6.70. The largest absolute Gasteiger partial charge is 0.337 e. The van der Waals surface area contributed by atoms with Crippen LogP contribution in [0.15, 0.2) is 42.9 Å². The number of benzene rings is 1. The predicted molar refractivity (Wildman–Crippen MR) is 138 cm³/mol. The van der Waals surface area contributed by atoms with Crippen LogP contribution >= 0.6 is 0 Å². The first-order valence-electron chi connectivity index (χ1n) is 12.3. The van der Waals surface area contributed by atoms with Gasteiger partial charge in [0.2, 0.25) is 0 Å². The Labute approximate surface area is 198 Å². The minimum atomic E-state index is 0.217. The number of rotatable bonds is 7. The molecule has 0 saturated heterocycles. The van der Waals surface area contributed by atoms with E-state index in [4.69, 9.17) is 9.97 Å². The van der Waals surface area contributed by atoms with Crippen molar-refractivity contribution in [3.63, 3.8) is 0 Å². The van der Waals surface area contributed by atoms with Crippen LogP contribution in [0, 0.1) is 0 Å². The second kappa shape index (κ2) is 9.50. The van der Waals surface area contributed by atoms with Crippen LogP contribution in [0.3, 0.4) is 0 Å². The SMILES string of the molecule is CCCc1ccccc1N1c2cnc(-c3c(C(C)C)cncc3C(C)C)nc2N(C)C1CC. The van der Waals surface area contributed by atoms with Crippen LogP contribution in [-0.2, 0) is 6.42 Å². The van der Waals surface area contributed by atoms with Crippen LogP contribution in [0.4, 0.5) is 17.2 Å². The molecule has 0 bridgehead atoms. The second-order valence-electron chi connectivity index (χ2n) is 9.65. The molecule has 0 spiro atoms. The molecule has 1 aromatic carbocycles. The summed E-state index contributed by atoms with van der Waals surface area (Å²) in [6.07, 6.45) is 9.39. The second-order valence-corrected chi connectivity index (χ2v) is 9.65. The van der Waals surface area contributed by atoms with Crippen molar-refractivity contribution in [1.82, 2.24) is 15.0 Å². The topological polar surface area (TPSA) is 45.2 Å². The number of hydrogen-bond donors (Lipinski definition) is 0. The highest BCUT2D eigenvalue weighted by Crippen LogP contribution is 2.45. The molecule has 1 aliphatic rings. The van der Waals surface area contributed by atoms with E-state index in [-0.39, 0.29) is 6.17 Å². The van der Waals surface area contributed by atoms with Crippen molar-refractivity contribution in [3.8, 4) is 11.4 Å². The smallest absolute Gasteiger partial charge is 0.162 e. The molecule has 33 heavy (non-hydrogen) atoms. The first-order chi connectivity index (χ1) is 15.9. The van der Waals surface area contributed by atoms with Gasteiger partial charge >= 0.3 is 0 Å². The molecule has 0 radical (unpaired) electrons. The van der Waals surface area contributed by atoms with Crippen LogP contribution in [0.25, 0.3) is 11.4 Å². The molecule has 0 saturated carbocycles. The van der Waals surface area contributed by atoms with Crippen molar-refractivity contribution in [3.05, 3.63) is 59.5 Å². The van der Waals surface area contributed by atoms with Gasteiger partial charge < -0.3 is 9.80 Å². The Balaban J connectivity index is 1.89. The van der Waals surface area contributed by atoms with Crippen LogP contribution in [0.1, 0.15) is 82.9 Å². The molecule has 5 nitrogen and oxygen atoms in total. The Morgan fingerprint density at radius 1 is 0.909 bits per heavy atom. The molecule has 1 aliphatic heterocycles. The fourth-order valence-electron chi connectivity index (χ4n) is 4.99. The van der Waals surface area contributed by atoms with Crippen molar-refractivity contribution in [1.29, 1.82) is 0 Å². The monoisotopic (exact) mass is 443 g/mol. The summed E-state index contributed by atoms with van der Waals surface area (Å²) < 4.78 is 0. The predicted octanol–water partition coefficient (Wildman–Crippen LogP) is 7.06. The van der Waals surface area contributed by atoms with Gasteiger partial charge in [-0.05, 0) is 47.4 Å². The highest BCUT2D eigenvalue weighted by molar-refractivity contribution is 5.83. The maximum Gasteiger partial charge on any atom is 0.162 e. The van der Waals surface area contributed by atoms with Gasteiger partial charge in [-0.25, -0.2) is 9.97 Å². The van der Waals surface area contributed by atoms with Crippen molar-refractivity contribution >= 4 is 17.2 Å². The fourth-order valence-corrected chi connectivity index (χ4v) is 4.99. The lowest BCUT2D eigenvalue weighted by molar-refractivity contribution is 0.642. The third-order valence-corrected chi connectivity index (χ3v) is 6.70. The van der Waals surface area contributed by atoms with E-state index in [1.807, 2.05) is 18.6 Å². The Bertz CT molecular complexity index is 1090. The summed E-state index contributed by atoms with van der Waals surface area (Å²) in [5, 5.41) is 0. The first kappa shape index (κ1) is 23.2. The lowest BCUT2D eigenvalue weighted by atomic mass is 9.90. The summed E-state index contributed by atoms with van der Waals surface area (Å²) in [6.45, 7) is 13.3. The number of pyridine rings is 1. The van der Waals surface area contributed by atoms with Gasteiger partial charge in [0.15, 0.2) is 11.6 Å². The van der Waals surface area contributed by atoms with E-state index in [2.05, 4.69) is 87.6 Å². The molecule has 0 aliphatic carbocycles. The Morgan fingerprint density at radius 3 is 2.18 bits per heavy atom. The van der Waals surface area contributed by atoms with E-state index < -0.39 is 0 Å². The third kappa shape index (κ3) is 4.09. The number of aryl methyl sites for hydroxylation is 1. The number of anilines is 3. The van der Waals surface area contributed by atoms with Crippen LogP contribution in [0.2, 0.25) is 0 Å². The normalized spacial score (nSPS) is 15.6. The molecule has 1 atom stereocenters. The van der Waals surface area contributed by atoms with E-state index in [0.717, 1.165) is 42.2 Å². The van der Waals surface area contributed by atoms with Gasteiger partial charge in [-0.15, -0.1) is 0 Å². The van der Waals surface area contributed by atoms with Gasteiger partial charge in [-0.3, -0.25) is 4.98 Å². The zero-order valence-electron chi connectivity index (χ0n) is 21.1. The zero-order chi connectivity index (χ0) is 23.7. The highest BCUT2D eigenvalue weighted by atomic mass is 15.4. The summed E-state index contributed by atoms with van der Waals surface area (Å²) in [7, 11) is 2.16. The Hall–Kier alpha value is -2.95. The summed E-state index contributed by atoms with van der Waals surface area (Å²) in [5.41, 5.74) is 7.29. The maximum absolute atomic E-state index is 5.19. The van der Waals surface area contributed by atoms with Crippen LogP contribution in [0.5, 0.6) is 0 Å². The molecule has 0 N–H and O–H groups in total. The molecular formula is C28H37N5. The number of hydrogen-bond acceptors (Lipinski definition) is 5. The molecule has 0 amide bonds. The fraction of sp³-hybridized carbons (Fsp3) is 0.464. The molecular weight excluding hydrogens is 406 g/mol. The van der Waals surface area contributed by atoms with Gasteiger partial charge in [-0.1, -0.05) is 66.2 Å². The number of aromatic nitrogens is 3. The van der Waals surface area contributed by atoms with Gasteiger partial charge in [0.25, 0.3) is 0 Å². The average Bonchev–Trinajstić information content (AvgIpc) is 3.09. The molecule has 5 heteroatoms. The van der Waals surface area contributed by atoms with Gasteiger partial charge in [-0.2, -0.15) is 0 Å². The summed E-state index contributed by atoms with van der Waals surface area (Å²) in [4.78, 5) is 19.4. The molecule has 174 valence electrons. The molecule has 0 fully saturated rings. The molecule has 1 unspecified atom stereocenters. The minimum absolute atomic E-state index is 0.217. The van der Waals surface area contributed by atoms with E-state index in [9.17, 15) is 0 Å². The lowest BCUT2D eigenvalue weighted by Gasteiger charge is -2.31. The van der Waals surface area contributed by atoms with Gasteiger partial charge in [0.05, 0.1) is 6.20 Å². The Morgan fingerprint density at radius 2 is 1.58 bits per heavy atom. The summed E-state index contributed by atoms with van der Waals surface area (Å²) >= 11 is 0. The lowest BCUT2D eigenvalue weighted by Crippen LogP contribution is -2.38. The van der Waals surface area contributed by atoms with E-state index in [1.54, 1.807) is 0 Å². The highest BCUT2D eigenvalue weighted by Gasteiger charge is 2.36. The van der Waals surface area contributed by atoms with Crippen LogP contribution in [-0.4, -0.2) is 28.2 Å². The van der Waals surface area contributed by atoms with Crippen molar-refractivity contribution < 1.29 is 0 Å².